The van der Waals surface area contributed by atoms with Gasteiger partial charge >= 0.3 is 12.0 Å². The number of amides is 3. The third-order valence-corrected chi connectivity index (χ3v) is 2.69. The molecule has 0 spiro atoms. The van der Waals surface area contributed by atoms with Gasteiger partial charge in [-0.05, 0) is 18.8 Å². The fourth-order valence-electron chi connectivity index (χ4n) is 1.42. The van der Waals surface area contributed by atoms with Crippen molar-refractivity contribution in [3.8, 4) is 0 Å². The number of hydrogen-bond acceptors (Lipinski definition) is 3. The van der Waals surface area contributed by atoms with Crippen molar-refractivity contribution in [1.29, 1.82) is 0 Å². The summed E-state index contributed by atoms with van der Waals surface area (Å²) in [4.78, 5) is 32.6. The van der Waals surface area contributed by atoms with Gasteiger partial charge in [0, 0.05) is 33.0 Å². The standard InChI is InChI=1S/C12H23N3O4/c1-9(3-4-11(17)18)5-7-14-12(19)15-8-6-10(16)13-2/h9H,3-8H2,1-2H3,(H,13,16)(H,17,18)(H2,14,15,19). The maximum absolute atomic E-state index is 11.3. The van der Waals surface area contributed by atoms with Gasteiger partial charge in [0.15, 0.2) is 0 Å². The first-order valence-corrected chi connectivity index (χ1v) is 6.39. The van der Waals surface area contributed by atoms with Crippen LogP contribution >= 0.6 is 0 Å². The molecule has 7 heteroatoms. The average Bonchev–Trinajstić information content (AvgIpc) is 2.36. The SMILES string of the molecule is CNC(=O)CCNC(=O)NCCC(C)CCC(=O)O. The molecule has 0 bridgehead atoms. The molecule has 0 aliphatic heterocycles. The highest BCUT2D eigenvalue weighted by Crippen LogP contribution is 2.08. The topological polar surface area (TPSA) is 108 Å². The largest absolute Gasteiger partial charge is 0.481 e. The molecule has 0 aromatic carbocycles. The summed E-state index contributed by atoms with van der Waals surface area (Å²) in [7, 11) is 1.54. The molecule has 4 N–H and O–H groups in total. The number of carboxylic acid groups (broad SMARTS) is 1. The van der Waals surface area contributed by atoms with Gasteiger partial charge in [-0.15, -0.1) is 0 Å². The molecule has 1 atom stereocenters. The van der Waals surface area contributed by atoms with Crippen molar-refractivity contribution in [3.05, 3.63) is 0 Å². The van der Waals surface area contributed by atoms with Crippen LogP contribution in [0.5, 0.6) is 0 Å². The summed E-state index contributed by atoms with van der Waals surface area (Å²) >= 11 is 0. The molecule has 0 aromatic heterocycles. The Morgan fingerprint density at radius 3 is 2.26 bits per heavy atom. The summed E-state index contributed by atoms with van der Waals surface area (Å²) in [5.74, 6) is -0.670. The minimum absolute atomic E-state index is 0.123. The van der Waals surface area contributed by atoms with Crippen LogP contribution in [-0.4, -0.2) is 43.2 Å². The highest BCUT2D eigenvalue weighted by atomic mass is 16.4. The number of aliphatic carboxylic acids is 1. The van der Waals surface area contributed by atoms with E-state index in [0.717, 1.165) is 6.42 Å². The van der Waals surface area contributed by atoms with E-state index in [1.807, 2.05) is 6.92 Å². The van der Waals surface area contributed by atoms with Crippen LogP contribution in [0.15, 0.2) is 0 Å². The van der Waals surface area contributed by atoms with Crippen LogP contribution in [0.1, 0.15) is 32.6 Å². The van der Waals surface area contributed by atoms with Crippen molar-refractivity contribution in [3.63, 3.8) is 0 Å². The molecule has 110 valence electrons. The minimum atomic E-state index is -0.799. The van der Waals surface area contributed by atoms with E-state index in [1.54, 1.807) is 7.05 Å². The summed E-state index contributed by atoms with van der Waals surface area (Å²) in [5, 5.41) is 16.2. The molecule has 0 aliphatic rings. The number of urea groups is 1. The molecule has 0 heterocycles. The Balaban J connectivity index is 3.52. The molecule has 7 nitrogen and oxygen atoms in total. The molecule has 3 amide bonds. The van der Waals surface area contributed by atoms with Crippen molar-refractivity contribution >= 4 is 17.9 Å². The van der Waals surface area contributed by atoms with Crippen LogP contribution in [0.4, 0.5) is 4.79 Å². The predicted molar refractivity (Wildman–Crippen MR) is 70.7 cm³/mol. The number of carbonyl (C=O) groups excluding carboxylic acids is 2. The van der Waals surface area contributed by atoms with Gasteiger partial charge < -0.3 is 21.1 Å². The first-order chi connectivity index (χ1) is 8.95. The van der Waals surface area contributed by atoms with E-state index in [0.29, 0.717) is 19.5 Å². The molecule has 0 fully saturated rings. The van der Waals surface area contributed by atoms with Gasteiger partial charge in [0.1, 0.15) is 0 Å². The van der Waals surface area contributed by atoms with Gasteiger partial charge in [0.25, 0.3) is 0 Å². The van der Waals surface area contributed by atoms with Crippen LogP contribution in [0.3, 0.4) is 0 Å². The predicted octanol–water partition coefficient (Wildman–Crippen LogP) is 0.313. The lowest BCUT2D eigenvalue weighted by Gasteiger charge is -2.11. The second-order valence-corrected chi connectivity index (χ2v) is 4.43. The zero-order valence-corrected chi connectivity index (χ0v) is 11.5. The van der Waals surface area contributed by atoms with E-state index < -0.39 is 5.97 Å². The molecule has 0 aromatic rings. The highest BCUT2D eigenvalue weighted by molar-refractivity contribution is 5.77. The van der Waals surface area contributed by atoms with Gasteiger partial charge in [-0.2, -0.15) is 0 Å². The second-order valence-electron chi connectivity index (χ2n) is 4.43. The van der Waals surface area contributed by atoms with Crippen LogP contribution in [0.2, 0.25) is 0 Å². The van der Waals surface area contributed by atoms with E-state index in [4.69, 9.17) is 5.11 Å². The van der Waals surface area contributed by atoms with Crippen molar-refractivity contribution in [2.24, 2.45) is 5.92 Å². The molecular formula is C12H23N3O4. The Kier molecular flexibility index (Phi) is 9.20. The summed E-state index contributed by atoms with van der Waals surface area (Å²) in [5.41, 5.74) is 0. The van der Waals surface area contributed by atoms with Gasteiger partial charge in [-0.1, -0.05) is 6.92 Å². The third kappa shape index (κ3) is 11.1. The molecule has 1 unspecified atom stereocenters. The van der Waals surface area contributed by atoms with E-state index in [-0.39, 0.29) is 30.7 Å². The van der Waals surface area contributed by atoms with Gasteiger partial charge in [0.05, 0.1) is 0 Å². The maximum Gasteiger partial charge on any atom is 0.314 e. The summed E-state index contributed by atoms with van der Waals surface area (Å²) < 4.78 is 0. The van der Waals surface area contributed by atoms with Gasteiger partial charge in [-0.25, -0.2) is 4.79 Å². The Hall–Kier alpha value is -1.79. The molecule has 0 saturated carbocycles. The van der Waals surface area contributed by atoms with Crippen LogP contribution in [0.25, 0.3) is 0 Å². The van der Waals surface area contributed by atoms with E-state index in [9.17, 15) is 14.4 Å². The summed E-state index contributed by atoms with van der Waals surface area (Å²) in [6, 6.07) is -0.311. The molecule has 0 radical (unpaired) electrons. The van der Waals surface area contributed by atoms with Crippen molar-refractivity contribution in [2.75, 3.05) is 20.1 Å². The van der Waals surface area contributed by atoms with E-state index in [1.165, 1.54) is 0 Å². The maximum atomic E-state index is 11.3. The number of carboxylic acids is 1. The quantitative estimate of drug-likeness (QED) is 0.485. The fourth-order valence-corrected chi connectivity index (χ4v) is 1.42. The lowest BCUT2D eigenvalue weighted by atomic mass is 10.0. The number of hydrogen-bond donors (Lipinski definition) is 4. The molecular weight excluding hydrogens is 250 g/mol. The smallest absolute Gasteiger partial charge is 0.314 e. The summed E-state index contributed by atoms with van der Waals surface area (Å²) in [6.07, 6.45) is 1.74. The summed E-state index contributed by atoms with van der Waals surface area (Å²) in [6.45, 7) is 2.74. The first-order valence-electron chi connectivity index (χ1n) is 6.39. The highest BCUT2D eigenvalue weighted by Gasteiger charge is 2.06. The van der Waals surface area contributed by atoms with E-state index in [2.05, 4.69) is 16.0 Å². The van der Waals surface area contributed by atoms with Crippen molar-refractivity contribution in [1.82, 2.24) is 16.0 Å². The van der Waals surface area contributed by atoms with E-state index >= 15 is 0 Å². The Morgan fingerprint density at radius 1 is 1.05 bits per heavy atom. The van der Waals surface area contributed by atoms with Crippen LogP contribution in [-0.2, 0) is 9.59 Å². The fraction of sp³-hybridized carbons (Fsp3) is 0.750. The lowest BCUT2D eigenvalue weighted by molar-refractivity contribution is -0.137. The Morgan fingerprint density at radius 2 is 1.68 bits per heavy atom. The van der Waals surface area contributed by atoms with Crippen LogP contribution in [0, 0.1) is 5.92 Å². The zero-order chi connectivity index (χ0) is 14.7. The first kappa shape index (κ1) is 17.2. The number of carbonyl (C=O) groups is 3. The normalized spacial score (nSPS) is 11.5. The minimum Gasteiger partial charge on any atom is -0.481 e. The van der Waals surface area contributed by atoms with Crippen molar-refractivity contribution in [2.45, 2.75) is 32.6 Å². The molecule has 19 heavy (non-hydrogen) atoms. The number of nitrogens with one attached hydrogen (secondary N) is 3. The second kappa shape index (κ2) is 10.2. The van der Waals surface area contributed by atoms with Gasteiger partial charge in [0.2, 0.25) is 5.91 Å². The third-order valence-electron chi connectivity index (χ3n) is 2.69. The number of rotatable bonds is 9. The monoisotopic (exact) mass is 273 g/mol. The Bertz CT molecular complexity index is 307. The Labute approximate surface area is 113 Å². The average molecular weight is 273 g/mol. The van der Waals surface area contributed by atoms with Gasteiger partial charge in [-0.3, -0.25) is 9.59 Å². The van der Waals surface area contributed by atoms with Crippen molar-refractivity contribution < 1.29 is 19.5 Å². The van der Waals surface area contributed by atoms with Crippen LogP contribution < -0.4 is 16.0 Å². The molecule has 0 aliphatic carbocycles. The molecule has 0 saturated heterocycles. The lowest BCUT2D eigenvalue weighted by Crippen LogP contribution is -2.38. The molecule has 0 rings (SSSR count). The zero-order valence-electron chi connectivity index (χ0n) is 11.5.